The fourth-order valence-corrected chi connectivity index (χ4v) is 4.85. The van der Waals surface area contributed by atoms with Gasteiger partial charge in [0, 0.05) is 25.4 Å². The smallest absolute Gasteiger partial charge is 0.330 e. The van der Waals surface area contributed by atoms with Crippen LogP contribution in [0.15, 0.2) is 21.9 Å². The second-order valence-corrected chi connectivity index (χ2v) is 8.22. The van der Waals surface area contributed by atoms with Gasteiger partial charge in [-0.15, -0.1) is 0 Å². The molecule has 0 aromatic carbocycles. The normalized spacial score (nSPS) is 24.8. The minimum Gasteiger partial charge on any atom is -0.394 e. The van der Waals surface area contributed by atoms with Crippen LogP contribution >= 0.6 is 8.53 Å². The summed E-state index contributed by atoms with van der Waals surface area (Å²) >= 11 is 0. The van der Waals surface area contributed by atoms with Crippen LogP contribution in [0.4, 0.5) is 4.39 Å². The fourth-order valence-electron chi connectivity index (χ4n) is 3.06. The first-order chi connectivity index (χ1) is 14.5. The zero-order valence-electron chi connectivity index (χ0n) is 17.1. The third-order valence-electron chi connectivity index (χ3n) is 4.39. The van der Waals surface area contributed by atoms with Crippen LogP contribution in [0, 0.1) is 11.3 Å². The number of aliphatic hydroxyl groups excluding tert-OH is 1. The highest BCUT2D eigenvalue weighted by atomic mass is 31.2. The Morgan fingerprint density at radius 1 is 1.40 bits per heavy atom. The van der Waals surface area contributed by atoms with Gasteiger partial charge in [0.1, 0.15) is 12.2 Å². The lowest BCUT2D eigenvalue weighted by Crippen LogP contribution is -2.37. The summed E-state index contributed by atoms with van der Waals surface area (Å²) in [5.41, 5.74) is -1.43. The van der Waals surface area contributed by atoms with Crippen molar-refractivity contribution in [1.82, 2.24) is 14.2 Å². The van der Waals surface area contributed by atoms with E-state index in [1.165, 1.54) is 0 Å². The summed E-state index contributed by atoms with van der Waals surface area (Å²) in [4.78, 5) is 25.4. The maximum absolute atomic E-state index is 15.3. The first kappa shape index (κ1) is 24.6. The summed E-state index contributed by atoms with van der Waals surface area (Å²) in [6.45, 7) is 4.91. The summed E-state index contributed by atoms with van der Waals surface area (Å²) in [5, 5.41) is 18.5. The average molecular weight is 446 g/mol. The van der Waals surface area contributed by atoms with Gasteiger partial charge in [-0.25, -0.2) is 13.9 Å². The van der Waals surface area contributed by atoms with Crippen molar-refractivity contribution in [3.05, 3.63) is 33.1 Å². The predicted molar refractivity (Wildman–Crippen MR) is 107 cm³/mol. The molecular weight excluding hydrogens is 418 g/mol. The molecule has 1 unspecified atom stereocenters. The van der Waals surface area contributed by atoms with Crippen molar-refractivity contribution in [2.24, 2.45) is 0 Å². The van der Waals surface area contributed by atoms with E-state index in [9.17, 15) is 14.7 Å². The Labute approximate surface area is 175 Å². The Morgan fingerprint density at radius 3 is 2.67 bits per heavy atom. The standard InChI is InChI=1S/C18H28FN4O6P/c1-3-8-22(9-4-2)30(27-11-5-7-20)29-16-13(12-24)28-17(15(16)19)23-10-6-14(25)21-18(23)26/h6,10,13,15-17,24H,3-5,8-9,11-12H2,1-2H3,(H,21,25,26)/t13-,15-,16-,17-,30?/m0/s1. The highest BCUT2D eigenvalue weighted by Gasteiger charge is 2.49. The van der Waals surface area contributed by atoms with Gasteiger partial charge in [-0.05, 0) is 12.8 Å². The molecule has 30 heavy (non-hydrogen) atoms. The number of nitrogens with zero attached hydrogens (tertiary/aromatic N) is 3. The Morgan fingerprint density at radius 2 is 2.10 bits per heavy atom. The molecule has 1 aliphatic heterocycles. The summed E-state index contributed by atoms with van der Waals surface area (Å²) < 4.78 is 35.5. The SMILES string of the molecule is CCCN(CCC)P(OCCC#N)O[C@@H]1[C@H](F)[C@@H](n2ccc(=O)[nH]c2=O)O[C@H]1CO. The molecule has 0 radical (unpaired) electrons. The van der Waals surface area contributed by atoms with E-state index in [1.54, 1.807) is 0 Å². The van der Waals surface area contributed by atoms with Crippen LogP contribution in [0.1, 0.15) is 39.3 Å². The van der Waals surface area contributed by atoms with Crippen LogP contribution in [0.3, 0.4) is 0 Å². The summed E-state index contributed by atoms with van der Waals surface area (Å²) in [5.74, 6) is 0. The zero-order chi connectivity index (χ0) is 22.1. The molecule has 1 aromatic rings. The van der Waals surface area contributed by atoms with Crippen molar-refractivity contribution >= 4 is 8.53 Å². The number of halogens is 1. The molecule has 0 amide bonds. The van der Waals surface area contributed by atoms with Gasteiger partial charge in [0.15, 0.2) is 12.4 Å². The van der Waals surface area contributed by atoms with E-state index in [1.807, 2.05) is 24.6 Å². The third-order valence-corrected chi connectivity index (χ3v) is 6.08. The van der Waals surface area contributed by atoms with Crippen LogP contribution in [0.25, 0.3) is 0 Å². The molecule has 1 aromatic heterocycles. The quantitative estimate of drug-likeness (QED) is 0.364. The molecule has 1 saturated heterocycles. The maximum atomic E-state index is 15.3. The maximum Gasteiger partial charge on any atom is 0.330 e. The van der Waals surface area contributed by atoms with Gasteiger partial charge < -0.3 is 18.9 Å². The van der Waals surface area contributed by atoms with E-state index in [2.05, 4.69) is 4.98 Å². The number of aromatic nitrogens is 2. The molecule has 1 aliphatic rings. The largest absolute Gasteiger partial charge is 0.394 e. The van der Waals surface area contributed by atoms with Gasteiger partial charge in [0.25, 0.3) is 14.1 Å². The molecule has 5 atom stereocenters. The zero-order valence-corrected chi connectivity index (χ0v) is 18.0. The number of aromatic amines is 1. The molecule has 2 heterocycles. The van der Waals surface area contributed by atoms with E-state index in [-0.39, 0.29) is 13.0 Å². The van der Waals surface area contributed by atoms with Crippen molar-refractivity contribution in [1.29, 1.82) is 5.26 Å². The topological polar surface area (TPSA) is 130 Å². The Bertz CT molecular complexity index is 809. The monoisotopic (exact) mass is 446 g/mol. The van der Waals surface area contributed by atoms with Crippen molar-refractivity contribution in [2.75, 3.05) is 26.3 Å². The highest BCUT2D eigenvalue weighted by Crippen LogP contribution is 2.48. The number of H-pyrrole nitrogens is 1. The number of rotatable bonds is 12. The molecule has 0 spiro atoms. The molecule has 0 aliphatic carbocycles. The van der Waals surface area contributed by atoms with Crippen molar-refractivity contribution in [2.45, 2.75) is 57.7 Å². The lowest BCUT2D eigenvalue weighted by Gasteiger charge is -2.32. The van der Waals surface area contributed by atoms with Gasteiger partial charge in [0.05, 0.1) is 25.7 Å². The first-order valence-corrected chi connectivity index (χ1v) is 11.0. The summed E-state index contributed by atoms with van der Waals surface area (Å²) in [6, 6.07) is 3.08. The van der Waals surface area contributed by atoms with E-state index in [4.69, 9.17) is 19.0 Å². The van der Waals surface area contributed by atoms with Gasteiger partial charge in [-0.1, -0.05) is 13.8 Å². The van der Waals surface area contributed by atoms with E-state index in [0.29, 0.717) is 13.1 Å². The minimum atomic E-state index is -1.79. The molecule has 2 N–H and O–H groups in total. The molecule has 0 bridgehead atoms. The molecule has 0 saturated carbocycles. The lowest BCUT2D eigenvalue weighted by molar-refractivity contribution is -0.0477. The number of aliphatic hydroxyl groups is 1. The predicted octanol–water partition coefficient (Wildman–Crippen LogP) is 1.43. The average Bonchev–Trinajstić information content (AvgIpc) is 3.02. The van der Waals surface area contributed by atoms with Gasteiger partial charge >= 0.3 is 5.69 Å². The van der Waals surface area contributed by atoms with Crippen LogP contribution in [-0.4, -0.2) is 64.0 Å². The number of nitriles is 1. The molecule has 10 nitrogen and oxygen atoms in total. The number of ether oxygens (including phenoxy) is 1. The van der Waals surface area contributed by atoms with E-state index >= 15 is 4.39 Å². The van der Waals surface area contributed by atoms with E-state index < -0.39 is 51.0 Å². The van der Waals surface area contributed by atoms with Crippen molar-refractivity contribution < 1.29 is 23.3 Å². The Hall–Kier alpha value is -1.67. The van der Waals surface area contributed by atoms with Crippen molar-refractivity contribution in [3.8, 4) is 6.07 Å². The van der Waals surface area contributed by atoms with Crippen LogP contribution in [0.5, 0.6) is 0 Å². The molecule has 2 rings (SSSR count). The van der Waals surface area contributed by atoms with Crippen LogP contribution in [-0.2, 0) is 13.8 Å². The van der Waals surface area contributed by atoms with Gasteiger partial charge in [-0.3, -0.25) is 14.3 Å². The Balaban J connectivity index is 2.24. The van der Waals surface area contributed by atoms with Gasteiger partial charge in [0.2, 0.25) is 0 Å². The number of alkyl halides is 1. The number of hydrogen-bond acceptors (Lipinski definition) is 8. The molecule has 1 fully saturated rings. The fraction of sp³-hybridized carbons (Fsp3) is 0.722. The third kappa shape index (κ3) is 6.17. The highest BCUT2D eigenvalue weighted by molar-refractivity contribution is 7.44. The van der Waals surface area contributed by atoms with Crippen LogP contribution in [0.2, 0.25) is 0 Å². The molecular formula is C18H28FN4O6P. The Kier molecular flexibility index (Phi) is 10.0. The van der Waals surface area contributed by atoms with Crippen LogP contribution < -0.4 is 11.2 Å². The first-order valence-electron chi connectivity index (χ1n) is 9.90. The van der Waals surface area contributed by atoms with Crippen molar-refractivity contribution in [3.63, 3.8) is 0 Å². The second kappa shape index (κ2) is 12.2. The molecule has 168 valence electrons. The summed E-state index contributed by atoms with van der Waals surface area (Å²) in [6.07, 6.45) is -2.43. The van der Waals surface area contributed by atoms with E-state index in [0.717, 1.165) is 29.7 Å². The lowest BCUT2D eigenvalue weighted by atomic mass is 10.1. The second-order valence-electron chi connectivity index (χ2n) is 6.71. The van der Waals surface area contributed by atoms with Gasteiger partial charge in [-0.2, -0.15) is 5.26 Å². The molecule has 12 heteroatoms. The number of nitrogens with one attached hydrogen (secondary N) is 1. The number of hydrogen-bond donors (Lipinski definition) is 2. The minimum absolute atomic E-state index is 0.128. The summed E-state index contributed by atoms with van der Waals surface area (Å²) in [7, 11) is -1.71.